The van der Waals surface area contributed by atoms with Crippen LogP contribution in [-0.2, 0) is 6.42 Å². The van der Waals surface area contributed by atoms with Gasteiger partial charge in [-0.15, -0.1) is 22.7 Å². The Kier molecular flexibility index (Phi) is 4.51. The summed E-state index contributed by atoms with van der Waals surface area (Å²) in [7, 11) is 0. The van der Waals surface area contributed by atoms with Gasteiger partial charge in [0.2, 0.25) is 0 Å². The number of rotatable bonds is 4. The van der Waals surface area contributed by atoms with Crippen LogP contribution in [0.1, 0.15) is 18.7 Å². The molecule has 0 aliphatic rings. The van der Waals surface area contributed by atoms with Crippen LogP contribution >= 0.6 is 50.3 Å². The van der Waals surface area contributed by atoms with E-state index < -0.39 is 0 Å². The fourth-order valence-electron chi connectivity index (χ4n) is 2.56. The third-order valence-corrected chi connectivity index (χ3v) is 7.16. The highest BCUT2D eigenvalue weighted by Crippen LogP contribution is 2.40. The van der Waals surface area contributed by atoms with Gasteiger partial charge in [-0.25, -0.2) is 4.98 Å². The molecule has 3 nitrogen and oxygen atoms in total. The summed E-state index contributed by atoms with van der Waals surface area (Å²) in [5.41, 5.74) is 2.81. The zero-order valence-electron chi connectivity index (χ0n) is 13.1. The second-order valence-corrected chi connectivity index (χ2v) is 9.48. The molecular formula is C17H14BrN3S3. The van der Waals surface area contributed by atoms with E-state index in [1.54, 1.807) is 11.3 Å². The molecular weight excluding hydrogens is 422 g/mol. The summed E-state index contributed by atoms with van der Waals surface area (Å²) in [5.74, 6) is 0.690. The number of aromatic nitrogens is 3. The number of hydrogen-bond acceptors (Lipinski definition) is 6. The Balaban J connectivity index is 1.70. The molecule has 7 heteroatoms. The quantitative estimate of drug-likeness (QED) is 0.343. The van der Waals surface area contributed by atoms with Gasteiger partial charge in [0.05, 0.1) is 11.7 Å². The zero-order chi connectivity index (χ0) is 16.7. The smallest absolute Gasteiger partial charge is 0.138 e. The average Bonchev–Trinajstić information content (AvgIpc) is 3.26. The van der Waals surface area contributed by atoms with Gasteiger partial charge in [0.1, 0.15) is 15.6 Å². The van der Waals surface area contributed by atoms with Gasteiger partial charge in [-0.3, -0.25) is 0 Å². The third-order valence-electron chi connectivity index (χ3n) is 3.63. The van der Waals surface area contributed by atoms with Gasteiger partial charge < -0.3 is 0 Å². The molecule has 0 aliphatic carbocycles. The maximum Gasteiger partial charge on any atom is 0.138 e. The predicted molar refractivity (Wildman–Crippen MR) is 108 cm³/mol. The molecule has 0 spiro atoms. The molecule has 0 atom stereocenters. The van der Waals surface area contributed by atoms with Crippen molar-refractivity contribution in [2.75, 3.05) is 0 Å². The van der Waals surface area contributed by atoms with E-state index in [-0.39, 0.29) is 0 Å². The topological polar surface area (TPSA) is 38.7 Å². The van der Waals surface area contributed by atoms with Crippen LogP contribution in [0.3, 0.4) is 0 Å². The van der Waals surface area contributed by atoms with Crippen molar-refractivity contribution in [3.05, 3.63) is 39.9 Å². The monoisotopic (exact) mass is 435 g/mol. The minimum atomic E-state index is 0.690. The van der Waals surface area contributed by atoms with Gasteiger partial charge in [-0.05, 0) is 52.5 Å². The van der Waals surface area contributed by atoms with Gasteiger partial charge in [-0.2, -0.15) is 8.75 Å². The summed E-state index contributed by atoms with van der Waals surface area (Å²) in [6.45, 7) is 4.52. The van der Waals surface area contributed by atoms with Crippen molar-refractivity contribution < 1.29 is 0 Å². The maximum absolute atomic E-state index is 4.44. The van der Waals surface area contributed by atoms with Gasteiger partial charge in [0, 0.05) is 31.3 Å². The largest absolute Gasteiger partial charge is 0.246 e. The Morgan fingerprint density at radius 2 is 1.67 bits per heavy atom. The Morgan fingerprint density at radius 3 is 2.50 bits per heavy atom. The molecule has 0 bridgehead atoms. The first-order valence-corrected chi connectivity index (χ1v) is 10.7. The van der Waals surface area contributed by atoms with Gasteiger partial charge in [0.25, 0.3) is 0 Å². The Morgan fingerprint density at radius 1 is 0.958 bits per heavy atom. The highest BCUT2D eigenvalue weighted by atomic mass is 79.9. The molecule has 0 fully saturated rings. The molecule has 0 aromatic carbocycles. The number of nitrogens with zero attached hydrogens (tertiary/aromatic N) is 3. The molecule has 24 heavy (non-hydrogen) atoms. The Bertz CT molecular complexity index is 1000. The lowest BCUT2D eigenvalue weighted by atomic mass is 10.1. The van der Waals surface area contributed by atoms with Crippen LogP contribution in [0.25, 0.3) is 31.2 Å². The molecule has 0 radical (unpaired) electrons. The lowest BCUT2D eigenvalue weighted by molar-refractivity contribution is 0.654. The minimum Gasteiger partial charge on any atom is -0.246 e. The zero-order valence-corrected chi connectivity index (χ0v) is 17.2. The number of thiophene rings is 2. The van der Waals surface area contributed by atoms with Crippen molar-refractivity contribution >= 4 is 61.4 Å². The Labute approximate surface area is 160 Å². The molecule has 0 aliphatic heterocycles. The number of hydrogen-bond donors (Lipinski definition) is 0. The van der Waals surface area contributed by atoms with E-state index in [0.29, 0.717) is 5.92 Å². The molecule has 4 aromatic rings. The first-order valence-electron chi connectivity index (χ1n) is 7.58. The fourth-order valence-corrected chi connectivity index (χ4v) is 5.95. The van der Waals surface area contributed by atoms with Crippen molar-refractivity contribution in [1.29, 1.82) is 0 Å². The standard InChI is InChI=1S/C17H14BrN3S3/c1-9(2)7-10-3-4-13(22-10)14-6-5-12(23-14)11-8-19-17(18)16-15(11)20-24-21-16/h3-6,8-9H,7H2,1-2H3. The lowest BCUT2D eigenvalue weighted by Gasteiger charge is -2.00. The SMILES string of the molecule is CC(C)Cc1ccc(-c2ccc(-c3cnc(Br)c4nsnc34)s2)s1. The van der Waals surface area contributed by atoms with E-state index in [1.807, 2.05) is 17.5 Å². The lowest BCUT2D eigenvalue weighted by Crippen LogP contribution is -1.89. The first-order chi connectivity index (χ1) is 11.6. The summed E-state index contributed by atoms with van der Waals surface area (Å²) in [5, 5.41) is 0. The first kappa shape index (κ1) is 16.3. The van der Waals surface area contributed by atoms with Crippen molar-refractivity contribution in [1.82, 2.24) is 13.7 Å². The number of fused-ring (bicyclic) bond motifs is 1. The summed E-state index contributed by atoms with van der Waals surface area (Å²) < 4.78 is 9.53. The van der Waals surface area contributed by atoms with Crippen LogP contribution in [-0.4, -0.2) is 13.7 Å². The molecule has 4 heterocycles. The molecule has 4 rings (SSSR count). The third kappa shape index (κ3) is 3.06. The van der Waals surface area contributed by atoms with E-state index in [2.05, 4.69) is 67.8 Å². The number of pyridine rings is 1. The van der Waals surface area contributed by atoms with E-state index in [1.165, 1.54) is 31.2 Å². The van der Waals surface area contributed by atoms with Crippen LogP contribution in [0.15, 0.2) is 35.1 Å². The van der Waals surface area contributed by atoms with Gasteiger partial charge in [-0.1, -0.05) is 13.8 Å². The van der Waals surface area contributed by atoms with E-state index in [0.717, 1.165) is 27.6 Å². The fraction of sp³-hybridized carbons (Fsp3) is 0.235. The minimum absolute atomic E-state index is 0.690. The van der Waals surface area contributed by atoms with Crippen LogP contribution in [0.2, 0.25) is 0 Å². The summed E-state index contributed by atoms with van der Waals surface area (Å²) in [4.78, 5) is 9.67. The van der Waals surface area contributed by atoms with E-state index in [4.69, 9.17) is 0 Å². The van der Waals surface area contributed by atoms with Crippen LogP contribution in [0.4, 0.5) is 0 Å². The highest BCUT2D eigenvalue weighted by molar-refractivity contribution is 9.10. The summed E-state index contributed by atoms with van der Waals surface area (Å²) in [6, 6.07) is 8.84. The molecule has 4 aromatic heterocycles. The van der Waals surface area contributed by atoms with Gasteiger partial charge in [0.15, 0.2) is 0 Å². The van der Waals surface area contributed by atoms with Gasteiger partial charge >= 0.3 is 0 Å². The molecule has 0 saturated carbocycles. The van der Waals surface area contributed by atoms with E-state index >= 15 is 0 Å². The molecule has 0 unspecified atom stereocenters. The van der Waals surface area contributed by atoms with Crippen molar-refractivity contribution in [2.45, 2.75) is 20.3 Å². The average molecular weight is 436 g/mol. The number of halogens is 1. The summed E-state index contributed by atoms with van der Waals surface area (Å²) >= 11 is 8.35. The van der Waals surface area contributed by atoms with Crippen LogP contribution in [0.5, 0.6) is 0 Å². The van der Waals surface area contributed by atoms with Crippen molar-refractivity contribution in [3.63, 3.8) is 0 Å². The van der Waals surface area contributed by atoms with Crippen LogP contribution in [0, 0.1) is 5.92 Å². The van der Waals surface area contributed by atoms with Crippen molar-refractivity contribution in [3.8, 4) is 20.2 Å². The van der Waals surface area contributed by atoms with Crippen LogP contribution < -0.4 is 0 Å². The molecule has 122 valence electrons. The van der Waals surface area contributed by atoms with Crippen molar-refractivity contribution in [2.24, 2.45) is 5.92 Å². The normalized spacial score (nSPS) is 11.7. The summed E-state index contributed by atoms with van der Waals surface area (Å²) in [6.07, 6.45) is 3.02. The molecule has 0 N–H and O–H groups in total. The Hall–Kier alpha value is -1.15. The second-order valence-electron chi connectivity index (χ2n) is 5.95. The second kappa shape index (κ2) is 6.63. The molecule has 0 amide bonds. The molecule has 0 saturated heterocycles. The predicted octanol–water partition coefficient (Wildman–Crippen LogP) is 6.50. The maximum atomic E-state index is 4.44. The highest BCUT2D eigenvalue weighted by Gasteiger charge is 2.14. The van der Waals surface area contributed by atoms with E-state index in [9.17, 15) is 0 Å².